The highest BCUT2D eigenvalue weighted by Gasteiger charge is 2.23. The van der Waals surface area contributed by atoms with E-state index in [2.05, 4.69) is 15.4 Å². The lowest BCUT2D eigenvalue weighted by molar-refractivity contribution is 0.130. The topological polar surface area (TPSA) is 63.0 Å². The Balaban J connectivity index is 1.71. The van der Waals surface area contributed by atoms with E-state index in [1.54, 1.807) is 0 Å². The van der Waals surface area contributed by atoms with E-state index in [0.29, 0.717) is 6.04 Å². The minimum atomic E-state index is -0.413. The highest BCUT2D eigenvalue weighted by atomic mass is 16.3. The van der Waals surface area contributed by atoms with E-state index < -0.39 is 6.10 Å². The summed E-state index contributed by atoms with van der Waals surface area (Å²) in [4.78, 5) is 4.49. The van der Waals surface area contributed by atoms with E-state index in [9.17, 15) is 5.11 Å². The maximum absolute atomic E-state index is 9.84. The summed E-state index contributed by atoms with van der Waals surface area (Å²) in [5.41, 5.74) is 0. The molecular formula is C12H20N4O. The molecule has 0 aliphatic carbocycles. The molecule has 1 aromatic heterocycles. The van der Waals surface area contributed by atoms with E-state index in [1.807, 2.05) is 4.68 Å². The molecule has 5 nitrogen and oxygen atoms in total. The van der Waals surface area contributed by atoms with Gasteiger partial charge in [0.2, 0.25) is 0 Å². The van der Waals surface area contributed by atoms with E-state index in [4.69, 9.17) is 0 Å². The molecular weight excluding hydrogens is 216 g/mol. The predicted molar refractivity (Wildman–Crippen MR) is 63.6 cm³/mol. The molecule has 0 bridgehead atoms. The van der Waals surface area contributed by atoms with Crippen molar-refractivity contribution < 1.29 is 5.11 Å². The molecule has 3 rings (SSSR count). The molecule has 3 heterocycles. The first-order valence-corrected chi connectivity index (χ1v) is 6.68. The van der Waals surface area contributed by atoms with E-state index in [1.165, 1.54) is 19.3 Å². The first-order valence-electron chi connectivity index (χ1n) is 6.68. The van der Waals surface area contributed by atoms with Gasteiger partial charge in [-0.15, -0.1) is 0 Å². The van der Waals surface area contributed by atoms with Crippen molar-refractivity contribution in [1.29, 1.82) is 0 Å². The lowest BCUT2D eigenvalue weighted by Crippen LogP contribution is -2.35. The van der Waals surface area contributed by atoms with Gasteiger partial charge in [0.15, 0.2) is 11.6 Å². The van der Waals surface area contributed by atoms with Crippen molar-refractivity contribution in [3.63, 3.8) is 0 Å². The van der Waals surface area contributed by atoms with Crippen LogP contribution in [0.1, 0.15) is 49.9 Å². The highest BCUT2D eigenvalue weighted by Crippen LogP contribution is 2.23. The molecule has 2 aliphatic rings. The Labute approximate surface area is 101 Å². The fourth-order valence-corrected chi connectivity index (χ4v) is 2.78. The largest absolute Gasteiger partial charge is 0.385 e. The lowest BCUT2D eigenvalue weighted by atomic mass is 10.0. The van der Waals surface area contributed by atoms with Crippen LogP contribution in [0.15, 0.2) is 0 Å². The van der Waals surface area contributed by atoms with Gasteiger partial charge >= 0.3 is 0 Å². The number of aryl methyl sites for hydroxylation is 1. The number of fused-ring (bicyclic) bond motifs is 1. The second kappa shape index (κ2) is 4.74. The van der Waals surface area contributed by atoms with Gasteiger partial charge in [-0.25, -0.2) is 9.67 Å². The molecule has 0 aromatic carbocycles. The normalized spacial score (nSPS) is 29.0. The SMILES string of the molecule is OC1CCCn2nc(CC3CCCCN3)nc21. The van der Waals surface area contributed by atoms with Crippen molar-refractivity contribution in [2.24, 2.45) is 0 Å². The fraction of sp³-hybridized carbons (Fsp3) is 0.833. The summed E-state index contributed by atoms with van der Waals surface area (Å²) in [5.74, 6) is 1.66. The lowest BCUT2D eigenvalue weighted by Gasteiger charge is -2.21. The average molecular weight is 236 g/mol. The van der Waals surface area contributed by atoms with Gasteiger partial charge in [-0.05, 0) is 32.2 Å². The standard InChI is InChI=1S/C12H20N4O/c17-10-5-3-7-16-12(10)14-11(15-16)8-9-4-1-2-6-13-9/h9-10,13,17H,1-8H2. The second-order valence-corrected chi connectivity index (χ2v) is 5.12. The molecule has 17 heavy (non-hydrogen) atoms. The van der Waals surface area contributed by atoms with Gasteiger partial charge in [0.1, 0.15) is 6.10 Å². The van der Waals surface area contributed by atoms with Crippen molar-refractivity contribution in [3.05, 3.63) is 11.6 Å². The van der Waals surface area contributed by atoms with Crippen LogP contribution in [0.5, 0.6) is 0 Å². The van der Waals surface area contributed by atoms with Crippen LogP contribution in [0.3, 0.4) is 0 Å². The Kier molecular flexibility index (Phi) is 3.11. The quantitative estimate of drug-likeness (QED) is 0.797. The van der Waals surface area contributed by atoms with Gasteiger partial charge in [0.05, 0.1) is 0 Å². The third kappa shape index (κ3) is 2.35. The Bertz CT molecular complexity index is 384. The molecule has 1 aromatic rings. The number of hydrogen-bond acceptors (Lipinski definition) is 4. The van der Waals surface area contributed by atoms with Crippen LogP contribution in [0.2, 0.25) is 0 Å². The summed E-state index contributed by atoms with van der Waals surface area (Å²) in [6.07, 6.45) is 6.10. The Hall–Kier alpha value is -0.940. The average Bonchev–Trinajstić information content (AvgIpc) is 2.74. The number of aliphatic hydroxyl groups excluding tert-OH is 1. The van der Waals surface area contributed by atoms with Crippen LogP contribution in [-0.4, -0.2) is 32.5 Å². The maximum atomic E-state index is 9.84. The van der Waals surface area contributed by atoms with Crippen molar-refractivity contribution in [2.45, 2.75) is 57.2 Å². The Morgan fingerprint density at radius 3 is 3.00 bits per heavy atom. The van der Waals surface area contributed by atoms with Crippen LogP contribution in [0, 0.1) is 0 Å². The van der Waals surface area contributed by atoms with Crippen LogP contribution in [0.25, 0.3) is 0 Å². The third-order valence-electron chi connectivity index (χ3n) is 3.73. The summed E-state index contributed by atoms with van der Waals surface area (Å²) in [6, 6.07) is 0.519. The molecule has 5 heteroatoms. The monoisotopic (exact) mass is 236 g/mol. The van der Waals surface area contributed by atoms with Gasteiger partial charge in [-0.1, -0.05) is 6.42 Å². The van der Waals surface area contributed by atoms with Crippen LogP contribution in [-0.2, 0) is 13.0 Å². The van der Waals surface area contributed by atoms with E-state index in [0.717, 1.165) is 44.0 Å². The van der Waals surface area contributed by atoms with Crippen molar-refractivity contribution >= 4 is 0 Å². The summed E-state index contributed by atoms with van der Waals surface area (Å²) in [5, 5.41) is 17.8. The molecule has 0 spiro atoms. The highest BCUT2D eigenvalue weighted by molar-refractivity contribution is 5.01. The molecule has 94 valence electrons. The Morgan fingerprint density at radius 1 is 1.29 bits per heavy atom. The molecule has 2 aliphatic heterocycles. The Morgan fingerprint density at radius 2 is 2.24 bits per heavy atom. The minimum Gasteiger partial charge on any atom is -0.385 e. The fourth-order valence-electron chi connectivity index (χ4n) is 2.78. The summed E-state index contributed by atoms with van der Waals surface area (Å²) < 4.78 is 1.88. The molecule has 1 saturated heterocycles. The van der Waals surface area contributed by atoms with Crippen molar-refractivity contribution in [2.75, 3.05) is 6.54 Å². The number of nitrogens with one attached hydrogen (secondary N) is 1. The summed E-state index contributed by atoms with van der Waals surface area (Å²) in [7, 11) is 0. The van der Waals surface area contributed by atoms with Gasteiger partial charge in [-0.2, -0.15) is 5.10 Å². The molecule has 2 atom stereocenters. The van der Waals surface area contributed by atoms with Crippen LogP contribution >= 0.6 is 0 Å². The molecule has 0 saturated carbocycles. The second-order valence-electron chi connectivity index (χ2n) is 5.12. The van der Waals surface area contributed by atoms with E-state index in [-0.39, 0.29) is 0 Å². The zero-order valence-electron chi connectivity index (χ0n) is 10.1. The predicted octanol–water partition coefficient (Wildman–Crippen LogP) is 0.790. The van der Waals surface area contributed by atoms with E-state index >= 15 is 0 Å². The number of piperidine rings is 1. The third-order valence-corrected chi connectivity index (χ3v) is 3.73. The zero-order valence-corrected chi connectivity index (χ0v) is 10.1. The zero-order chi connectivity index (χ0) is 11.7. The first-order chi connectivity index (χ1) is 8.33. The maximum Gasteiger partial charge on any atom is 0.156 e. The number of rotatable bonds is 2. The van der Waals surface area contributed by atoms with Gasteiger partial charge in [0.25, 0.3) is 0 Å². The smallest absolute Gasteiger partial charge is 0.156 e. The number of hydrogen-bond donors (Lipinski definition) is 2. The summed E-state index contributed by atoms with van der Waals surface area (Å²) >= 11 is 0. The van der Waals surface area contributed by atoms with Crippen molar-refractivity contribution in [3.8, 4) is 0 Å². The first kappa shape index (κ1) is 11.2. The van der Waals surface area contributed by atoms with Gasteiger partial charge < -0.3 is 10.4 Å². The number of nitrogens with zero attached hydrogens (tertiary/aromatic N) is 3. The van der Waals surface area contributed by atoms with Crippen LogP contribution in [0.4, 0.5) is 0 Å². The number of aromatic nitrogens is 3. The number of aliphatic hydroxyl groups is 1. The summed E-state index contributed by atoms with van der Waals surface area (Å²) in [6.45, 7) is 2.01. The molecule has 0 radical (unpaired) electrons. The molecule has 1 fully saturated rings. The molecule has 2 unspecified atom stereocenters. The molecule has 0 amide bonds. The van der Waals surface area contributed by atoms with Crippen molar-refractivity contribution in [1.82, 2.24) is 20.1 Å². The van der Waals surface area contributed by atoms with Gasteiger partial charge in [0, 0.05) is 19.0 Å². The molecule has 2 N–H and O–H groups in total. The van der Waals surface area contributed by atoms with Crippen LogP contribution < -0.4 is 5.32 Å². The minimum absolute atomic E-state index is 0.413. The van der Waals surface area contributed by atoms with Gasteiger partial charge in [-0.3, -0.25) is 0 Å².